The van der Waals surface area contributed by atoms with Gasteiger partial charge in [0.25, 0.3) is 5.91 Å². The van der Waals surface area contributed by atoms with Gasteiger partial charge in [0.2, 0.25) is 10.0 Å². The maximum Gasteiger partial charge on any atom is 0.271 e. The smallest absolute Gasteiger partial charge is 0.271 e. The SMILES string of the molecule is C[C@H](Cc1c[nH]c2c(OCC(=O)NS(C)(=O)=O)cccc12)NCC(O)c1cccnc1. The molecule has 10 heteroatoms. The summed E-state index contributed by atoms with van der Waals surface area (Å²) in [7, 11) is -3.62. The third-order valence-corrected chi connectivity index (χ3v) is 5.27. The minimum absolute atomic E-state index is 0.0930. The Labute approximate surface area is 180 Å². The van der Waals surface area contributed by atoms with E-state index >= 15 is 0 Å². The number of aliphatic hydroxyl groups excluding tert-OH is 1. The summed E-state index contributed by atoms with van der Waals surface area (Å²) < 4.78 is 29.6. The van der Waals surface area contributed by atoms with Crippen LogP contribution < -0.4 is 14.8 Å². The lowest BCUT2D eigenvalue weighted by molar-refractivity contribution is -0.121. The van der Waals surface area contributed by atoms with Crippen molar-refractivity contribution in [3.8, 4) is 5.75 Å². The second kappa shape index (κ2) is 9.90. The molecule has 0 saturated carbocycles. The predicted molar refractivity (Wildman–Crippen MR) is 117 cm³/mol. The molecular weight excluding hydrogens is 420 g/mol. The van der Waals surface area contributed by atoms with Crippen LogP contribution in [0.25, 0.3) is 10.9 Å². The Hall–Kier alpha value is -2.95. The Bertz CT molecular complexity index is 1130. The van der Waals surface area contributed by atoms with Crippen molar-refractivity contribution < 1.29 is 23.1 Å². The zero-order chi connectivity index (χ0) is 22.4. The summed E-state index contributed by atoms with van der Waals surface area (Å²) in [6, 6.07) is 9.19. The number of H-pyrrole nitrogens is 1. The maximum atomic E-state index is 11.7. The highest BCUT2D eigenvalue weighted by Gasteiger charge is 2.15. The van der Waals surface area contributed by atoms with E-state index in [2.05, 4.69) is 15.3 Å². The number of ether oxygens (including phenoxy) is 1. The average molecular weight is 447 g/mol. The van der Waals surface area contributed by atoms with Crippen LogP contribution in [0, 0.1) is 0 Å². The average Bonchev–Trinajstić information content (AvgIpc) is 3.13. The molecular formula is C21H26N4O5S. The van der Waals surface area contributed by atoms with Crippen LogP contribution in [0.1, 0.15) is 24.2 Å². The van der Waals surface area contributed by atoms with E-state index in [1.54, 1.807) is 24.5 Å². The van der Waals surface area contributed by atoms with Crippen LogP contribution in [0.4, 0.5) is 0 Å². The molecule has 2 atom stereocenters. The lowest BCUT2D eigenvalue weighted by Gasteiger charge is -2.17. The first-order valence-electron chi connectivity index (χ1n) is 9.76. The number of hydrogen-bond donors (Lipinski definition) is 4. The maximum absolute atomic E-state index is 11.7. The zero-order valence-corrected chi connectivity index (χ0v) is 18.1. The Morgan fingerprint density at radius 3 is 2.81 bits per heavy atom. The molecule has 0 aliphatic carbocycles. The molecule has 1 aromatic carbocycles. The van der Waals surface area contributed by atoms with Gasteiger partial charge in [0, 0.05) is 42.1 Å². The Balaban J connectivity index is 1.60. The number of sulfonamides is 1. The lowest BCUT2D eigenvalue weighted by Crippen LogP contribution is -2.33. The van der Waals surface area contributed by atoms with Crippen molar-refractivity contribution in [2.45, 2.75) is 25.5 Å². The van der Waals surface area contributed by atoms with E-state index in [1.807, 2.05) is 36.0 Å². The van der Waals surface area contributed by atoms with E-state index in [9.17, 15) is 18.3 Å². The standard InChI is InChI=1S/C21H26N4O5S/c1-14(23-12-18(26)15-5-4-8-22-10-15)9-16-11-24-21-17(16)6-3-7-19(21)30-13-20(27)25-31(2,28)29/h3-8,10-11,14,18,23-24,26H,9,12-13H2,1-2H3,(H,25,27)/t14-,18?/m1/s1. The van der Waals surface area contributed by atoms with Crippen molar-refractivity contribution in [2.75, 3.05) is 19.4 Å². The van der Waals surface area contributed by atoms with Crippen LogP contribution in [0.5, 0.6) is 5.75 Å². The third kappa shape index (κ3) is 6.51. The molecule has 0 aliphatic rings. The number of carbonyl (C=O) groups excluding carboxylic acids is 1. The van der Waals surface area contributed by atoms with Crippen molar-refractivity contribution in [1.82, 2.24) is 20.0 Å². The fraction of sp³-hybridized carbons (Fsp3) is 0.333. The van der Waals surface area contributed by atoms with Crippen molar-refractivity contribution in [3.63, 3.8) is 0 Å². The molecule has 0 fully saturated rings. The summed E-state index contributed by atoms with van der Waals surface area (Å²) in [4.78, 5) is 18.9. The molecule has 4 N–H and O–H groups in total. The lowest BCUT2D eigenvalue weighted by atomic mass is 10.1. The Kier molecular flexibility index (Phi) is 7.26. The first-order chi connectivity index (χ1) is 14.7. The Morgan fingerprint density at radius 1 is 1.29 bits per heavy atom. The number of benzene rings is 1. The topological polar surface area (TPSA) is 133 Å². The molecule has 3 aromatic rings. The number of aliphatic hydroxyl groups is 1. The number of carbonyl (C=O) groups is 1. The van der Waals surface area contributed by atoms with Crippen LogP contribution in [0.2, 0.25) is 0 Å². The molecule has 1 unspecified atom stereocenters. The number of hydrogen-bond acceptors (Lipinski definition) is 7. The monoisotopic (exact) mass is 446 g/mol. The van der Waals surface area contributed by atoms with Gasteiger partial charge in [0.1, 0.15) is 5.75 Å². The quantitative estimate of drug-likeness (QED) is 0.369. The minimum Gasteiger partial charge on any atom is -0.482 e. The van der Waals surface area contributed by atoms with Crippen LogP contribution in [0.3, 0.4) is 0 Å². The first kappa shape index (κ1) is 22.7. The summed E-state index contributed by atoms with van der Waals surface area (Å²) in [5.41, 5.74) is 2.54. The van der Waals surface area contributed by atoms with Gasteiger partial charge in [-0.15, -0.1) is 0 Å². The van der Waals surface area contributed by atoms with E-state index in [-0.39, 0.29) is 6.04 Å². The summed E-state index contributed by atoms with van der Waals surface area (Å²) in [5, 5.41) is 14.6. The molecule has 0 radical (unpaired) electrons. The number of fused-ring (bicyclic) bond motifs is 1. The highest BCUT2D eigenvalue weighted by molar-refractivity contribution is 7.89. The van der Waals surface area contributed by atoms with E-state index < -0.39 is 28.6 Å². The van der Waals surface area contributed by atoms with Crippen LogP contribution in [-0.4, -0.2) is 54.8 Å². The summed E-state index contributed by atoms with van der Waals surface area (Å²) in [6.45, 7) is 2.02. The fourth-order valence-corrected chi connectivity index (χ4v) is 3.73. The minimum atomic E-state index is -3.62. The molecule has 2 aromatic heterocycles. The number of nitrogens with one attached hydrogen (secondary N) is 3. The largest absolute Gasteiger partial charge is 0.482 e. The number of nitrogens with zero attached hydrogens (tertiary/aromatic N) is 1. The fourth-order valence-electron chi connectivity index (χ4n) is 3.26. The normalized spacial score (nSPS) is 13.6. The van der Waals surface area contributed by atoms with Crippen molar-refractivity contribution in [1.29, 1.82) is 0 Å². The van der Waals surface area contributed by atoms with Gasteiger partial charge in [-0.2, -0.15) is 0 Å². The highest BCUT2D eigenvalue weighted by Crippen LogP contribution is 2.28. The second-order valence-electron chi connectivity index (χ2n) is 7.39. The zero-order valence-electron chi connectivity index (χ0n) is 17.3. The van der Waals surface area contributed by atoms with E-state index in [0.717, 1.165) is 28.3 Å². The van der Waals surface area contributed by atoms with E-state index in [1.165, 1.54) is 0 Å². The second-order valence-corrected chi connectivity index (χ2v) is 9.14. The molecule has 1 amide bonds. The number of para-hydroxylation sites is 1. The van der Waals surface area contributed by atoms with Crippen LogP contribution in [0.15, 0.2) is 48.9 Å². The first-order valence-corrected chi connectivity index (χ1v) is 11.7. The number of pyridine rings is 1. The van der Waals surface area contributed by atoms with Gasteiger partial charge in [0.15, 0.2) is 6.61 Å². The molecule has 0 spiro atoms. The van der Waals surface area contributed by atoms with Gasteiger partial charge in [0.05, 0.1) is 17.9 Å². The molecule has 166 valence electrons. The van der Waals surface area contributed by atoms with Crippen molar-refractivity contribution >= 4 is 26.8 Å². The number of aromatic nitrogens is 2. The number of aromatic amines is 1. The molecule has 3 rings (SSSR count). The van der Waals surface area contributed by atoms with Crippen LogP contribution in [-0.2, 0) is 21.2 Å². The number of amides is 1. The molecule has 31 heavy (non-hydrogen) atoms. The third-order valence-electron chi connectivity index (χ3n) is 4.68. The van der Waals surface area contributed by atoms with Gasteiger partial charge in [-0.3, -0.25) is 14.5 Å². The van der Waals surface area contributed by atoms with Crippen LogP contribution >= 0.6 is 0 Å². The van der Waals surface area contributed by atoms with Gasteiger partial charge in [-0.25, -0.2) is 8.42 Å². The van der Waals surface area contributed by atoms with Gasteiger partial charge in [-0.05, 0) is 31.0 Å². The van der Waals surface area contributed by atoms with E-state index in [4.69, 9.17) is 4.74 Å². The van der Waals surface area contributed by atoms with Crippen molar-refractivity contribution in [2.24, 2.45) is 0 Å². The Morgan fingerprint density at radius 2 is 2.10 bits per heavy atom. The molecule has 0 saturated heterocycles. The highest BCUT2D eigenvalue weighted by atomic mass is 32.2. The van der Waals surface area contributed by atoms with Gasteiger partial charge < -0.3 is 20.1 Å². The van der Waals surface area contributed by atoms with Gasteiger partial charge in [-0.1, -0.05) is 18.2 Å². The van der Waals surface area contributed by atoms with Gasteiger partial charge >= 0.3 is 0 Å². The molecule has 9 nitrogen and oxygen atoms in total. The summed E-state index contributed by atoms with van der Waals surface area (Å²) in [6.07, 6.45) is 6.17. The summed E-state index contributed by atoms with van der Waals surface area (Å²) >= 11 is 0. The van der Waals surface area contributed by atoms with Crippen molar-refractivity contribution in [3.05, 3.63) is 60.0 Å². The summed E-state index contributed by atoms with van der Waals surface area (Å²) in [5.74, 6) is -0.281. The molecule has 0 bridgehead atoms. The predicted octanol–water partition coefficient (Wildman–Crippen LogP) is 1.27. The molecule has 0 aliphatic heterocycles. The molecule has 2 heterocycles. The number of rotatable bonds is 10. The van der Waals surface area contributed by atoms with E-state index in [0.29, 0.717) is 18.7 Å².